The first kappa shape index (κ1) is 15.5. The molecule has 1 amide bonds. The number of aryl methyl sites for hydroxylation is 1. The molecule has 1 heterocycles. The van der Waals surface area contributed by atoms with Crippen LogP contribution in [0.3, 0.4) is 0 Å². The number of carboxylic acid groups (broad SMARTS) is 1. The first-order valence-electron chi connectivity index (χ1n) is 7.98. The number of imidazole rings is 1. The molecule has 0 spiro atoms. The monoisotopic (exact) mass is 315 g/mol. The Labute approximate surface area is 134 Å². The van der Waals surface area contributed by atoms with Gasteiger partial charge in [0.15, 0.2) is 0 Å². The van der Waals surface area contributed by atoms with Gasteiger partial charge in [-0.3, -0.25) is 9.59 Å². The van der Waals surface area contributed by atoms with E-state index < -0.39 is 5.97 Å². The molecule has 2 aromatic rings. The van der Waals surface area contributed by atoms with Gasteiger partial charge in [0.25, 0.3) is 0 Å². The summed E-state index contributed by atoms with van der Waals surface area (Å²) in [5.41, 5.74) is 2.78. The SMILES string of the molecule is Cc1nc2ccc(CC(=O)NC3CCC(C(=O)O)CC3)cc2[nH]1. The van der Waals surface area contributed by atoms with Crippen LogP contribution in [-0.2, 0) is 16.0 Å². The molecule has 1 aliphatic carbocycles. The van der Waals surface area contributed by atoms with Crippen molar-refractivity contribution in [2.75, 3.05) is 0 Å². The van der Waals surface area contributed by atoms with Crippen LogP contribution in [-0.4, -0.2) is 33.0 Å². The molecule has 3 N–H and O–H groups in total. The molecular weight excluding hydrogens is 294 g/mol. The molecule has 6 heteroatoms. The van der Waals surface area contributed by atoms with Crippen molar-refractivity contribution in [3.05, 3.63) is 29.6 Å². The van der Waals surface area contributed by atoms with E-state index in [4.69, 9.17) is 5.11 Å². The zero-order chi connectivity index (χ0) is 16.4. The van der Waals surface area contributed by atoms with Crippen molar-refractivity contribution in [2.45, 2.75) is 45.1 Å². The van der Waals surface area contributed by atoms with Crippen LogP contribution in [0, 0.1) is 12.8 Å². The molecule has 1 fully saturated rings. The molecule has 0 unspecified atom stereocenters. The van der Waals surface area contributed by atoms with Crippen LogP contribution in [0.15, 0.2) is 18.2 Å². The second-order valence-electron chi connectivity index (χ2n) is 6.30. The fraction of sp³-hybridized carbons (Fsp3) is 0.471. The van der Waals surface area contributed by atoms with E-state index >= 15 is 0 Å². The third-order valence-corrected chi connectivity index (χ3v) is 4.47. The van der Waals surface area contributed by atoms with Crippen molar-refractivity contribution in [1.82, 2.24) is 15.3 Å². The molecule has 0 aliphatic heterocycles. The van der Waals surface area contributed by atoms with Gasteiger partial charge in [0.05, 0.1) is 23.4 Å². The lowest BCUT2D eigenvalue weighted by molar-refractivity contribution is -0.142. The topological polar surface area (TPSA) is 95.1 Å². The molecule has 1 saturated carbocycles. The molecule has 3 rings (SSSR count). The van der Waals surface area contributed by atoms with Gasteiger partial charge in [0.1, 0.15) is 5.82 Å². The Morgan fingerprint density at radius 1 is 1.30 bits per heavy atom. The molecule has 6 nitrogen and oxygen atoms in total. The van der Waals surface area contributed by atoms with Crippen LogP contribution in [0.25, 0.3) is 11.0 Å². The van der Waals surface area contributed by atoms with Crippen molar-refractivity contribution in [3.63, 3.8) is 0 Å². The van der Waals surface area contributed by atoms with E-state index in [1.807, 2.05) is 25.1 Å². The number of carbonyl (C=O) groups excluding carboxylic acids is 1. The maximum atomic E-state index is 12.2. The minimum Gasteiger partial charge on any atom is -0.481 e. The highest BCUT2D eigenvalue weighted by molar-refractivity contribution is 5.82. The largest absolute Gasteiger partial charge is 0.481 e. The van der Waals surface area contributed by atoms with Crippen molar-refractivity contribution in [1.29, 1.82) is 0 Å². The fourth-order valence-electron chi connectivity index (χ4n) is 3.24. The summed E-state index contributed by atoms with van der Waals surface area (Å²) < 4.78 is 0. The van der Waals surface area contributed by atoms with Crippen LogP contribution < -0.4 is 5.32 Å². The zero-order valence-corrected chi connectivity index (χ0v) is 13.1. The second kappa shape index (κ2) is 6.40. The number of hydrogen-bond donors (Lipinski definition) is 3. The number of aromatic nitrogens is 2. The van der Waals surface area contributed by atoms with Gasteiger partial charge < -0.3 is 15.4 Å². The van der Waals surface area contributed by atoms with Gasteiger partial charge in [-0.2, -0.15) is 0 Å². The molecule has 0 saturated heterocycles. The standard InChI is InChI=1S/C17H21N3O3/c1-10-18-14-7-2-11(8-15(14)19-10)9-16(21)20-13-5-3-12(4-6-13)17(22)23/h2,7-8,12-13H,3-6,9H2,1H3,(H,18,19)(H,20,21)(H,22,23). The summed E-state index contributed by atoms with van der Waals surface area (Å²) >= 11 is 0. The van der Waals surface area contributed by atoms with Gasteiger partial charge >= 0.3 is 5.97 Å². The Hall–Kier alpha value is -2.37. The molecule has 122 valence electrons. The average Bonchev–Trinajstić information content (AvgIpc) is 2.87. The highest BCUT2D eigenvalue weighted by Gasteiger charge is 2.26. The van der Waals surface area contributed by atoms with Crippen LogP contribution in [0.5, 0.6) is 0 Å². The summed E-state index contributed by atoms with van der Waals surface area (Å²) in [4.78, 5) is 30.6. The Morgan fingerprint density at radius 3 is 2.74 bits per heavy atom. The van der Waals surface area contributed by atoms with Gasteiger partial charge in [0, 0.05) is 6.04 Å². The number of carboxylic acids is 1. The van der Waals surface area contributed by atoms with Crippen molar-refractivity contribution in [3.8, 4) is 0 Å². The summed E-state index contributed by atoms with van der Waals surface area (Å²) in [6, 6.07) is 5.88. The average molecular weight is 315 g/mol. The number of benzene rings is 1. The minimum absolute atomic E-state index is 0.0145. The fourth-order valence-corrected chi connectivity index (χ4v) is 3.24. The minimum atomic E-state index is -0.724. The summed E-state index contributed by atoms with van der Waals surface area (Å²) in [7, 11) is 0. The molecule has 0 bridgehead atoms. The van der Waals surface area contributed by atoms with E-state index in [0.717, 1.165) is 35.3 Å². The molecule has 0 atom stereocenters. The predicted molar refractivity (Wildman–Crippen MR) is 86.1 cm³/mol. The van der Waals surface area contributed by atoms with Gasteiger partial charge in [0.2, 0.25) is 5.91 Å². The summed E-state index contributed by atoms with van der Waals surface area (Å²) in [6.07, 6.45) is 3.08. The third-order valence-electron chi connectivity index (χ3n) is 4.47. The normalized spacial score (nSPS) is 21.3. The molecule has 1 aliphatic rings. The summed E-state index contributed by atoms with van der Waals surface area (Å²) in [6.45, 7) is 1.90. The number of rotatable bonds is 4. The smallest absolute Gasteiger partial charge is 0.306 e. The van der Waals surface area contributed by atoms with Crippen molar-refractivity contribution >= 4 is 22.9 Å². The Balaban J connectivity index is 1.55. The Morgan fingerprint density at radius 2 is 2.04 bits per heavy atom. The Bertz CT molecular complexity index is 730. The maximum absolute atomic E-state index is 12.2. The zero-order valence-electron chi connectivity index (χ0n) is 13.1. The number of hydrogen-bond acceptors (Lipinski definition) is 3. The lowest BCUT2D eigenvalue weighted by Gasteiger charge is -2.26. The third kappa shape index (κ3) is 3.70. The van der Waals surface area contributed by atoms with E-state index in [2.05, 4.69) is 15.3 Å². The van der Waals surface area contributed by atoms with Crippen LogP contribution in [0.1, 0.15) is 37.1 Å². The van der Waals surface area contributed by atoms with E-state index in [-0.39, 0.29) is 17.9 Å². The molecule has 1 aromatic carbocycles. The van der Waals surface area contributed by atoms with Gasteiger partial charge in [-0.05, 0) is 50.3 Å². The van der Waals surface area contributed by atoms with Crippen molar-refractivity contribution < 1.29 is 14.7 Å². The number of fused-ring (bicyclic) bond motifs is 1. The highest BCUT2D eigenvalue weighted by Crippen LogP contribution is 2.24. The van der Waals surface area contributed by atoms with Crippen LogP contribution in [0.4, 0.5) is 0 Å². The number of H-pyrrole nitrogens is 1. The lowest BCUT2D eigenvalue weighted by Crippen LogP contribution is -2.39. The Kier molecular flexibility index (Phi) is 4.32. The molecular formula is C17H21N3O3. The van der Waals surface area contributed by atoms with Crippen LogP contribution >= 0.6 is 0 Å². The van der Waals surface area contributed by atoms with E-state index in [9.17, 15) is 9.59 Å². The van der Waals surface area contributed by atoms with Gasteiger partial charge in [-0.15, -0.1) is 0 Å². The van der Waals surface area contributed by atoms with Crippen molar-refractivity contribution in [2.24, 2.45) is 5.92 Å². The quantitative estimate of drug-likeness (QED) is 0.806. The number of carbonyl (C=O) groups is 2. The summed E-state index contributed by atoms with van der Waals surface area (Å²) in [5.74, 6) is -0.136. The predicted octanol–water partition coefficient (Wildman–Crippen LogP) is 2.17. The first-order valence-corrected chi connectivity index (χ1v) is 7.98. The van der Waals surface area contributed by atoms with Gasteiger partial charge in [-0.25, -0.2) is 4.98 Å². The number of aromatic amines is 1. The lowest BCUT2D eigenvalue weighted by atomic mass is 9.86. The first-order chi connectivity index (χ1) is 11.0. The van der Waals surface area contributed by atoms with E-state index in [1.54, 1.807) is 0 Å². The second-order valence-corrected chi connectivity index (χ2v) is 6.30. The van der Waals surface area contributed by atoms with E-state index in [0.29, 0.717) is 19.3 Å². The van der Waals surface area contributed by atoms with Crippen LogP contribution in [0.2, 0.25) is 0 Å². The molecule has 0 radical (unpaired) electrons. The number of nitrogens with zero attached hydrogens (tertiary/aromatic N) is 1. The van der Waals surface area contributed by atoms with E-state index in [1.165, 1.54) is 0 Å². The molecule has 1 aromatic heterocycles. The molecule has 23 heavy (non-hydrogen) atoms. The number of aliphatic carboxylic acids is 1. The number of nitrogens with one attached hydrogen (secondary N) is 2. The highest BCUT2D eigenvalue weighted by atomic mass is 16.4. The van der Waals surface area contributed by atoms with Gasteiger partial charge in [-0.1, -0.05) is 6.07 Å². The number of amides is 1. The summed E-state index contributed by atoms with van der Waals surface area (Å²) in [5, 5.41) is 12.0. The maximum Gasteiger partial charge on any atom is 0.306 e.